The number of thiophene rings is 1. The molecule has 5 nitrogen and oxygen atoms in total. The van der Waals surface area contributed by atoms with Gasteiger partial charge in [0, 0.05) is 48.2 Å². The number of carbonyl (C=O) groups is 1. The molecule has 3 heterocycles. The lowest BCUT2D eigenvalue weighted by molar-refractivity contribution is -0.134. The minimum atomic E-state index is 0.0199. The number of fused-ring (bicyclic) bond motifs is 3. The minimum Gasteiger partial charge on any atom is -0.369 e. The molecular formula is C27H28N4OS. The first kappa shape index (κ1) is 20.6. The normalized spacial score (nSPS) is 22.6. The summed E-state index contributed by atoms with van der Waals surface area (Å²) < 4.78 is 0. The van der Waals surface area contributed by atoms with Crippen LogP contribution < -0.4 is 4.90 Å². The Hall–Kier alpha value is -2.96. The van der Waals surface area contributed by atoms with Gasteiger partial charge < -0.3 is 4.90 Å². The Balaban J connectivity index is 1.20. The Labute approximate surface area is 198 Å². The van der Waals surface area contributed by atoms with Gasteiger partial charge in [-0.1, -0.05) is 48.5 Å². The second kappa shape index (κ2) is 8.76. The van der Waals surface area contributed by atoms with Crippen LogP contribution in [0.5, 0.6) is 0 Å². The van der Waals surface area contributed by atoms with Crippen LogP contribution in [-0.4, -0.2) is 54.3 Å². The van der Waals surface area contributed by atoms with Gasteiger partial charge in [0.05, 0.1) is 18.3 Å². The van der Waals surface area contributed by atoms with Crippen LogP contribution in [0.25, 0.3) is 0 Å². The summed E-state index contributed by atoms with van der Waals surface area (Å²) >= 11 is 1.73. The van der Waals surface area contributed by atoms with Gasteiger partial charge in [-0.25, -0.2) is 5.01 Å². The molecule has 2 atom stereocenters. The van der Waals surface area contributed by atoms with E-state index in [2.05, 4.69) is 81.9 Å². The lowest BCUT2D eigenvalue weighted by atomic mass is 9.79. The summed E-state index contributed by atoms with van der Waals surface area (Å²) in [6.45, 7) is 4.09. The molecule has 168 valence electrons. The number of para-hydroxylation sites is 1. The fourth-order valence-electron chi connectivity index (χ4n) is 5.48. The zero-order chi connectivity index (χ0) is 22.2. The van der Waals surface area contributed by atoms with Crippen molar-refractivity contribution in [1.82, 2.24) is 9.91 Å². The first-order valence-electron chi connectivity index (χ1n) is 11.8. The molecule has 3 aliphatic rings. The van der Waals surface area contributed by atoms with Crippen LogP contribution in [0.3, 0.4) is 0 Å². The average molecular weight is 457 g/mol. The summed E-state index contributed by atoms with van der Waals surface area (Å²) in [7, 11) is 0. The monoisotopic (exact) mass is 456 g/mol. The van der Waals surface area contributed by atoms with Crippen molar-refractivity contribution in [2.75, 3.05) is 37.6 Å². The molecule has 0 unspecified atom stereocenters. The number of benzene rings is 2. The standard InChI is InChI=1S/C27H28N4OS/c32-25(19-29-14-16-30(17-15-29)21-8-2-1-3-9-21)31-27(24-11-6-18-33-24)23-13-12-20-7-4-5-10-22(20)26(23)28-31/h1-11,18,23,27H,12-17,19H2/t23-,27-/m0/s1. The molecule has 0 N–H and O–H groups in total. The SMILES string of the molecule is O=C(CN1CCN(c2ccccc2)CC1)N1N=C2c3ccccc3CC[C@@H]2[C@H]1c1cccs1. The maximum Gasteiger partial charge on any atom is 0.257 e. The highest BCUT2D eigenvalue weighted by atomic mass is 32.1. The number of hydrogen-bond acceptors (Lipinski definition) is 5. The van der Waals surface area contributed by atoms with Crippen LogP contribution in [0.2, 0.25) is 0 Å². The maximum atomic E-state index is 13.6. The van der Waals surface area contributed by atoms with Gasteiger partial charge in [0.15, 0.2) is 0 Å². The van der Waals surface area contributed by atoms with Crippen molar-refractivity contribution in [2.45, 2.75) is 18.9 Å². The van der Waals surface area contributed by atoms with Crippen molar-refractivity contribution >= 4 is 28.6 Å². The van der Waals surface area contributed by atoms with Crippen LogP contribution in [0.1, 0.15) is 28.5 Å². The van der Waals surface area contributed by atoms with E-state index in [4.69, 9.17) is 5.10 Å². The van der Waals surface area contributed by atoms with Crippen LogP contribution in [0.4, 0.5) is 5.69 Å². The summed E-state index contributed by atoms with van der Waals surface area (Å²) in [4.78, 5) is 19.5. The molecule has 1 saturated heterocycles. The number of aryl methyl sites for hydroxylation is 1. The third kappa shape index (κ3) is 3.87. The van der Waals surface area contributed by atoms with Crippen LogP contribution in [-0.2, 0) is 11.2 Å². The van der Waals surface area contributed by atoms with Crippen molar-refractivity contribution in [1.29, 1.82) is 0 Å². The third-order valence-corrected chi connectivity index (χ3v) is 8.11. The number of hydrogen-bond donors (Lipinski definition) is 0. The highest BCUT2D eigenvalue weighted by Gasteiger charge is 2.44. The molecule has 0 spiro atoms. The fraction of sp³-hybridized carbons (Fsp3) is 0.333. The molecule has 0 radical (unpaired) electrons. The summed E-state index contributed by atoms with van der Waals surface area (Å²) in [5.41, 5.74) is 4.93. The van der Waals surface area contributed by atoms with Gasteiger partial charge in [0.25, 0.3) is 5.91 Å². The molecule has 33 heavy (non-hydrogen) atoms. The minimum absolute atomic E-state index is 0.0199. The largest absolute Gasteiger partial charge is 0.369 e. The second-order valence-corrected chi connectivity index (χ2v) is 10.1. The Kier molecular flexibility index (Phi) is 5.48. The molecule has 1 fully saturated rings. The predicted molar refractivity (Wildman–Crippen MR) is 134 cm³/mol. The summed E-state index contributed by atoms with van der Waals surface area (Å²) in [5, 5.41) is 8.91. The molecule has 0 bridgehead atoms. The molecule has 1 aromatic heterocycles. The van der Waals surface area contributed by atoms with Gasteiger partial charge in [0.1, 0.15) is 0 Å². The van der Waals surface area contributed by atoms with E-state index in [9.17, 15) is 4.79 Å². The number of rotatable bonds is 4. The van der Waals surface area contributed by atoms with Crippen molar-refractivity contribution < 1.29 is 4.79 Å². The van der Waals surface area contributed by atoms with Gasteiger partial charge in [0.2, 0.25) is 0 Å². The summed E-state index contributed by atoms with van der Waals surface area (Å²) in [5.74, 6) is 0.387. The topological polar surface area (TPSA) is 39.2 Å². The fourth-order valence-corrected chi connectivity index (χ4v) is 6.35. The number of anilines is 1. The molecule has 2 aliphatic heterocycles. The van der Waals surface area contributed by atoms with Crippen molar-refractivity contribution in [3.05, 3.63) is 88.1 Å². The van der Waals surface area contributed by atoms with Crippen molar-refractivity contribution in [3.8, 4) is 0 Å². The number of hydrazone groups is 1. The average Bonchev–Trinajstić information content (AvgIpc) is 3.53. The second-order valence-electron chi connectivity index (χ2n) is 9.08. The van der Waals surface area contributed by atoms with E-state index in [1.54, 1.807) is 11.3 Å². The molecular weight excluding hydrogens is 428 g/mol. The van der Waals surface area contributed by atoms with Crippen LogP contribution in [0.15, 0.2) is 77.2 Å². The smallest absolute Gasteiger partial charge is 0.257 e. The van der Waals surface area contributed by atoms with E-state index < -0.39 is 0 Å². The van der Waals surface area contributed by atoms with E-state index in [0.717, 1.165) is 44.7 Å². The molecule has 3 aromatic rings. The van der Waals surface area contributed by atoms with Crippen LogP contribution >= 0.6 is 11.3 Å². The van der Waals surface area contributed by atoms with Crippen LogP contribution in [0, 0.1) is 5.92 Å². The molecule has 0 saturated carbocycles. The van der Waals surface area contributed by atoms with E-state index in [1.165, 1.54) is 21.7 Å². The van der Waals surface area contributed by atoms with E-state index in [1.807, 2.05) is 5.01 Å². The van der Waals surface area contributed by atoms with Gasteiger partial charge >= 0.3 is 0 Å². The first-order chi connectivity index (χ1) is 16.3. The number of amides is 1. The predicted octanol–water partition coefficient (Wildman–Crippen LogP) is 4.42. The quantitative estimate of drug-likeness (QED) is 0.583. The Morgan fingerprint density at radius 3 is 2.52 bits per heavy atom. The Morgan fingerprint density at radius 1 is 0.939 bits per heavy atom. The molecule has 1 amide bonds. The lowest BCUT2D eigenvalue weighted by Crippen LogP contribution is -2.49. The molecule has 1 aliphatic carbocycles. The Bertz CT molecular complexity index is 1150. The summed E-state index contributed by atoms with van der Waals surface area (Å²) in [6.07, 6.45) is 2.09. The van der Waals surface area contributed by atoms with Gasteiger partial charge in [-0.2, -0.15) is 5.10 Å². The number of piperazine rings is 1. The van der Waals surface area contributed by atoms with E-state index in [-0.39, 0.29) is 17.9 Å². The highest BCUT2D eigenvalue weighted by Crippen LogP contribution is 2.44. The number of carbonyl (C=O) groups excluding carboxylic acids is 1. The first-order valence-corrected chi connectivity index (χ1v) is 12.7. The van der Waals surface area contributed by atoms with Crippen molar-refractivity contribution in [2.24, 2.45) is 11.0 Å². The molecule has 2 aromatic carbocycles. The Morgan fingerprint density at radius 2 is 1.73 bits per heavy atom. The summed E-state index contributed by atoms with van der Waals surface area (Å²) in [6, 6.07) is 23.4. The molecule has 6 heteroatoms. The van der Waals surface area contributed by atoms with Crippen molar-refractivity contribution in [3.63, 3.8) is 0 Å². The maximum absolute atomic E-state index is 13.6. The van der Waals surface area contributed by atoms with E-state index in [0.29, 0.717) is 6.54 Å². The molecule has 6 rings (SSSR count). The third-order valence-electron chi connectivity index (χ3n) is 7.17. The van der Waals surface area contributed by atoms with Gasteiger partial charge in [-0.05, 0) is 42.0 Å². The van der Waals surface area contributed by atoms with Gasteiger partial charge in [-0.3, -0.25) is 9.69 Å². The lowest BCUT2D eigenvalue weighted by Gasteiger charge is -2.36. The number of nitrogens with zero attached hydrogens (tertiary/aromatic N) is 4. The zero-order valence-electron chi connectivity index (χ0n) is 18.6. The van der Waals surface area contributed by atoms with E-state index >= 15 is 0 Å². The zero-order valence-corrected chi connectivity index (χ0v) is 19.5. The van der Waals surface area contributed by atoms with Gasteiger partial charge in [-0.15, -0.1) is 11.3 Å². The highest BCUT2D eigenvalue weighted by molar-refractivity contribution is 7.10.